The number of nitrogens with one attached hydrogen (secondary N) is 3. The molecule has 2 aromatic heterocycles. The molecular weight excluding hydrogens is 788 g/mol. The van der Waals surface area contributed by atoms with Crippen molar-refractivity contribution in [2.75, 3.05) is 74.6 Å². The van der Waals surface area contributed by atoms with E-state index in [1.54, 1.807) is 17.0 Å². The molecule has 1 aromatic carbocycles. The summed E-state index contributed by atoms with van der Waals surface area (Å²) in [7, 11) is 1.84. The van der Waals surface area contributed by atoms with Gasteiger partial charge in [0.25, 0.3) is 5.91 Å². The zero-order valence-corrected chi connectivity index (χ0v) is 34.8. The van der Waals surface area contributed by atoms with Crippen LogP contribution in [0.3, 0.4) is 0 Å². The van der Waals surface area contributed by atoms with Crippen LogP contribution < -0.4 is 30.5 Å². The molecule has 4 fully saturated rings. The van der Waals surface area contributed by atoms with Crippen LogP contribution in [0.4, 0.5) is 30.2 Å². The van der Waals surface area contributed by atoms with Crippen molar-refractivity contribution in [1.82, 2.24) is 30.4 Å². The van der Waals surface area contributed by atoms with Crippen LogP contribution >= 0.6 is 0 Å². The van der Waals surface area contributed by atoms with E-state index in [1.165, 1.54) is 12.8 Å². The fraction of sp³-hybridized carbons (Fsp3) is 0.533. The van der Waals surface area contributed by atoms with Crippen LogP contribution in [0.1, 0.15) is 84.4 Å². The minimum Gasteiger partial charge on any atom is -0.474 e. The Morgan fingerprint density at radius 2 is 1.89 bits per heavy atom. The number of alkyl halides is 3. The summed E-state index contributed by atoms with van der Waals surface area (Å²) < 4.78 is 48.0. The standard InChI is InChI=1S/C45H54F3N9O4/c1-4-31-33-19-27(2)57(26-45(46,47)48)40(32(33)6-8-34(31)49-3)35-7-5-29(22-50-35)55-15-13-44(14-16-55)20-28(21-44)23-54-17-18-56-30(24-54)25-61-43-38(56)11-9-37(52-43)41(59)51-36-10-12-39(58)53-42(36)60/h4-9,11,22,27-28,30,36,40,49H,1,10,12-21,23-26H2,2-3H3,(H,51,59)(H,53,58,60)/t27-,30-,36+,40+/m1/s1. The monoisotopic (exact) mass is 841 g/mol. The van der Waals surface area contributed by atoms with Crippen LogP contribution in [-0.2, 0) is 16.0 Å². The minimum atomic E-state index is -4.34. The SMILES string of the molecule is C=Cc1c(NC)ccc2c1C[C@@H](C)N(CC(F)(F)F)[C@@H]2c1ccc(N2CCC3(CC2)CC(CN2CCN4c5ccc(C(=O)N[C@H]6CCC(=O)NC6=O)nc5OC[C@H]4C2)C3)cn1. The Morgan fingerprint density at radius 3 is 2.59 bits per heavy atom. The molecule has 3 amide bonds. The number of imide groups is 1. The van der Waals surface area contributed by atoms with Gasteiger partial charge in [0.2, 0.25) is 17.7 Å². The lowest BCUT2D eigenvalue weighted by Gasteiger charge is -2.54. The van der Waals surface area contributed by atoms with Crippen LogP contribution in [0.5, 0.6) is 5.88 Å². The highest BCUT2D eigenvalue weighted by molar-refractivity contribution is 6.03. The summed E-state index contributed by atoms with van der Waals surface area (Å²) >= 11 is 0. The van der Waals surface area contributed by atoms with Gasteiger partial charge in [0.05, 0.1) is 36.2 Å². The fourth-order valence-electron chi connectivity index (χ4n) is 11.0. The number of hydrogen-bond donors (Lipinski definition) is 3. The molecule has 1 spiro atoms. The van der Waals surface area contributed by atoms with Crippen molar-refractivity contribution >= 4 is 40.9 Å². The van der Waals surface area contributed by atoms with E-state index < -0.39 is 36.6 Å². The third-order valence-corrected chi connectivity index (χ3v) is 14.0. The van der Waals surface area contributed by atoms with Crippen molar-refractivity contribution in [3.63, 3.8) is 0 Å². The summed E-state index contributed by atoms with van der Waals surface area (Å²) in [4.78, 5) is 54.7. The van der Waals surface area contributed by atoms with Crippen molar-refractivity contribution in [3.8, 4) is 5.88 Å². The number of carbonyl (C=O) groups is 3. The predicted molar refractivity (Wildman–Crippen MR) is 226 cm³/mol. The van der Waals surface area contributed by atoms with Gasteiger partial charge in [0.15, 0.2) is 0 Å². The molecule has 9 rings (SSSR count). The molecule has 0 unspecified atom stereocenters. The van der Waals surface area contributed by atoms with Gasteiger partial charge in [0.1, 0.15) is 24.0 Å². The van der Waals surface area contributed by atoms with E-state index in [0.29, 0.717) is 35.9 Å². The van der Waals surface area contributed by atoms with Crippen molar-refractivity contribution in [2.24, 2.45) is 11.3 Å². The van der Waals surface area contributed by atoms with E-state index in [0.717, 1.165) is 85.9 Å². The van der Waals surface area contributed by atoms with Crippen LogP contribution in [0.25, 0.3) is 6.08 Å². The van der Waals surface area contributed by atoms with Crippen molar-refractivity contribution < 1.29 is 32.3 Å². The Bertz CT molecular complexity index is 2190. The van der Waals surface area contributed by atoms with Crippen molar-refractivity contribution in [2.45, 2.75) is 82.2 Å². The van der Waals surface area contributed by atoms with Gasteiger partial charge in [-0.15, -0.1) is 0 Å². The van der Waals surface area contributed by atoms with Gasteiger partial charge in [-0.3, -0.25) is 34.5 Å². The van der Waals surface area contributed by atoms with E-state index in [2.05, 4.69) is 42.2 Å². The van der Waals surface area contributed by atoms with Gasteiger partial charge >= 0.3 is 6.18 Å². The van der Waals surface area contributed by atoms with Crippen LogP contribution in [0.15, 0.2) is 49.2 Å². The molecule has 4 atom stereocenters. The van der Waals surface area contributed by atoms with Crippen LogP contribution in [0.2, 0.25) is 0 Å². The van der Waals surface area contributed by atoms with E-state index in [1.807, 2.05) is 50.5 Å². The lowest BCUT2D eigenvalue weighted by atomic mass is 9.57. The number of anilines is 3. The maximum absolute atomic E-state index is 14.0. The number of amides is 3. The molecule has 6 aliphatic rings. The number of halogens is 3. The Hall–Kier alpha value is -5.22. The summed E-state index contributed by atoms with van der Waals surface area (Å²) in [5.74, 6) is -0.256. The molecular formula is C45H54F3N9O4. The molecule has 13 nitrogen and oxygen atoms in total. The number of rotatable bonds is 9. The summed E-state index contributed by atoms with van der Waals surface area (Å²) in [6.07, 6.45) is 4.87. The number of fused-ring (bicyclic) bond motifs is 4. The number of ether oxygens (including phenoxy) is 1. The quantitative estimate of drug-likeness (QED) is 0.247. The van der Waals surface area contributed by atoms with E-state index in [-0.39, 0.29) is 36.5 Å². The summed E-state index contributed by atoms with van der Waals surface area (Å²) in [5, 5.41) is 8.14. The molecule has 3 saturated heterocycles. The normalized spacial score (nSPS) is 25.4. The van der Waals surface area contributed by atoms with Gasteiger partial charge in [-0.05, 0) is 98.2 Å². The second-order valence-electron chi connectivity index (χ2n) is 17.9. The molecule has 324 valence electrons. The first-order valence-electron chi connectivity index (χ1n) is 21.6. The number of hydrogen-bond acceptors (Lipinski definition) is 11. The third kappa shape index (κ3) is 8.16. The summed E-state index contributed by atoms with van der Waals surface area (Å²) in [6, 6.07) is 9.80. The first-order valence-corrected chi connectivity index (χ1v) is 21.6. The second kappa shape index (κ2) is 16.2. The zero-order chi connectivity index (χ0) is 42.6. The average Bonchev–Trinajstić information content (AvgIpc) is 3.23. The Balaban J connectivity index is 0.774. The molecule has 16 heteroatoms. The molecule has 61 heavy (non-hydrogen) atoms. The highest BCUT2D eigenvalue weighted by Crippen LogP contribution is 2.53. The molecule has 7 heterocycles. The molecule has 3 aromatic rings. The largest absolute Gasteiger partial charge is 0.474 e. The van der Waals surface area contributed by atoms with Crippen LogP contribution in [-0.4, -0.2) is 121 Å². The van der Waals surface area contributed by atoms with Gasteiger partial charge in [-0.1, -0.05) is 18.7 Å². The highest BCUT2D eigenvalue weighted by Gasteiger charge is 2.47. The van der Waals surface area contributed by atoms with Gasteiger partial charge in [-0.25, -0.2) is 4.98 Å². The number of nitrogens with zero attached hydrogens (tertiary/aromatic N) is 6. The Kier molecular flexibility index (Phi) is 11.0. The van der Waals surface area contributed by atoms with E-state index >= 15 is 0 Å². The fourth-order valence-corrected chi connectivity index (χ4v) is 11.0. The number of aromatic nitrogens is 2. The topological polar surface area (TPSA) is 135 Å². The first kappa shape index (κ1) is 41.1. The Morgan fingerprint density at radius 1 is 1.08 bits per heavy atom. The minimum absolute atomic E-state index is 0.168. The summed E-state index contributed by atoms with van der Waals surface area (Å²) in [6.45, 7) is 10.9. The molecule has 3 N–H and O–H groups in total. The molecule has 5 aliphatic heterocycles. The third-order valence-electron chi connectivity index (χ3n) is 14.0. The molecule has 0 radical (unpaired) electrons. The van der Waals surface area contributed by atoms with Crippen molar-refractivity contribution in [3.05, 3.63) is 77.3 Å². The van der Waals surface area contributed by atoms with Gasteiger partial charge < -0.3 is 25.2 Å². The lowest BCUT2D eigenvalue weighted by molar-refractivity contribution is -0.155. The number of benzene rings is 1. The predicted octanol–water partition coefficient (Wildman–Crippen LogP) is 5.17. The highest BCUT2D eigenvalue weighted by atomic mass is 19.4. The summed E-state index contributed by atoms with van der Waals surface area (Å²) in [5.41, 5.74) is 6.73. The maximum atomic E-state index is 14.0. The van der Waals surface area contributed by atoms with Gasteiger partial charge in [-0.2, -0.15) is 13.2 Å². The van der Waals surface area contributed by atoms with Crippen molar-refractivity contribution in [1.29, 1.82) is 0 Å². The van der Waals surface area contributed by atoms with E-state index in [9.17, 15) is 27.6 Å². The number of carbonyl (C=O) groups excluding carboxylic acids is 3. The molecule has 0 bridgehead atoms. The molecule has 1 aliphatic carbocycles. The average molecular weight is 842 g/mol. The Labute approximate surface area is 354 Å². The number of pyridine rings is 2. The molecule has 1 saturated carbocycles. The first-order chi connectivity index (χ1) is 29.3. The lowest BCUT2D eigenvalue weighted by Crippen LogP contribution is -2.59. The van der Waals surface area contributed by atoms with Crippen LogP contribution in [0, 0.1) is 11.3 Å². The number of piperidine rings is 2. The zero-order valence-electron chi connectivity index (χ0n) is 34.8. The van der Waals surface area contributed by atoms with E-state index in [4.69, 9.17) is 9.72 Å². The number of piperazine rings is 1. The maximum Gasteiger partial charge on any atom is 0.401 e. The second-order valence-corrected chi connectivity index (χ2v) is 17.9. The smallest absolute Gasteiger partial charge is 0.401 e. The van der Waals surface area contributed by atoms with Gasteiger partial charge in [0, 0.05) is 70.0 Å².